The van der Waals surface area contributed by atoms with Crippen molar-refractivity contribution < 1.29 is 0 Å². The van der Waals surface area contributed by atoms with Gasteiger partial charge in [0.25, 0.3) is 0 Å². The maximum atomic E-state index is 3.49. The average molecular weight is 268 g/mol. The minimum Gasteiger partial charge on any atom is -0.347 e. The number of aryl methyl sites for hydroxylation is 1. The van der Waals surface area contributed by atoms with Gasteiger partial charge in [-0.3, -0.25) is 0 Å². The van der Waals surface area contributed by atoms with Crippen LogP contribution < -0.4 is 0 Å². The quantitative estimate of drug-likeness (QED) is 0.734. The number of aromatic nitrogens is 1. The van der Waals surface area contributed by atoms with Crippen LogP contribution in [0, 0.1) is 0 Å². The molecular weight excluding hydrogens is 250 g/mol. The number of rotatable bonds is 2. The molecule has 0 aliphatic heterocycles. The van der Waals surface area contributed by atoms with Crippen molar-refractivity contribution in [2.45, 2.75) is 33.7 Å². The lowest BCUT2D eigenvalue weighted by Crippen LogP contribution is -1.93. The van der Waals surface area contributed by atoms with Crippen LogP contribution in [0.5, 0.6) is 0 Å². The zero-order chi connectivity index (χ0) is 11.3. The highest BCUT2D eigenvalue weighted by Gasteiger charge is 1.99. The van der Waals surface area contributed by atoms with E-state index in [4.69, 9.17) is 0 Å². The third-order valence-electron chi connectivity index (χ3n) is 2.20. The van der Waals surface area contributed by atoms with Crippen molar-refractivity contribution in [1.82, 2.24) is 4.57 Å². The molecule has 2 heteroatoms. The van der Waals surface area contributed by atoms with E-state index in [9.17, 15) is 0 Å². The topological polar surface area (TPSA) is 4.93 Å². The number of hydrogen-bond acceptors (Lipinski definition) is 0. The molecule has 0 spiro atoms. The molecule has 1 aromatic carbocycles. The highest BCUT2D eigenvalue weighted by Crippen LogP contribution is 2.20. The zero-order valence-corrected chi connectivity index (χ0v) is 11.2. The Morgan fingerprint density at radius 3 is 2.60 bits per heavy atom. The van der Waals surface area contributed by atoms with Gasteiger partial charge in [0.05, 0.1) is 0 Å². The Bertz CT molecular complexity index is 417. The van der Waals surface area contributed by atoms with Crippen LogP contribution in [0.2, 0.25) is 0 Å². The van der Waals surface area contributed by atoms with Gasteiger partial charge in [0.15, 0.2) is 0 Å². The molecule has 0 saturated heterocycles. The second-order valence-corrected chi connectivity index (χ2v) is 4.13. The largest absolute Gasteiger partial charge is 0.347 e. The molecule has 2 rings (SSSR count). The van der Waals surface area contributed by atoms with E-state index in [0.29, 0.717) is 0 Å². The SMILES string of the molecule is CC.CCCn1ccc2ccc(Br)cc21. The Morgan fingerprint density at radius 1 is 1.20 bits per heavy atom. The van der Waals surface area contributed by atoms with E-state index < -0.39 is 0 Å². The van der Waals surface area contributed by atoms with Crippen molar-refractivity contribution in [3.05, 3.63) is 34.9 Å². The molecule has 0 saturated carbocycles. The second kappa shape index (κ2) is 5.96. The molecule has 2 aromatic rings. The van der Waals surface area contributed by atoms with Crippen LogP contribution >= 0.6 is 15.9 Å². The molecule has 1 aromatic heterocycles. The van der Waals surface area contributed by atoms with Gasteiger partial charge < -0.3 is 4.57 Å². The van der Waals surface area contributed by atoms with Gasteiger partial charge in [-0.2, -0.15) is 0 Å². The summed E-state index contributed by atoms with van der Waals surface area (Å²) in [5.74, 6) is 0. The van der Waals surface area contributed by atoms with Crippen molar-refractivity contribution in [1.29, 1.82) is 0 Å². The highest BCUT2D eigenvalue weighted by molar-refractivity contribution is 9.10. The van der Waals surface area contributed by atoms with Crippen molar-refractivity contribution >= 4 is 26.8 Å². The fraction of sp³-hybridized carbons (Fsp3) is 0.385. The standard InChI is InChI=1S/C11H12BrN.C2H6/c1-2-6-13-7-5-9-3-4-10(12)8-11(9)13;1-2/h3-5,7-8H,2,6H2,1H3;1-2H3. The first-order valence-corrected chi connectivity index (χ1v) is 6.35. The lowest BCUT2D eigenvalue weighted by atomic mass is 10.2. The maximum Gasteiger partial charge on any atom is 0.0491 e. The van der Waals surface area contributed by atoms with Crippen LogP contribution in [0.25, 0.3) is 10.9 Å². The predicted molar refractivity (Wildman–Crippen MR) is 71.3 cm³/mol. The summed E-state index contributed by atoms with van der Waals surface area (Å²) in [4.78, 5) is 0. The third-order valence-corrected chi connectivity index (χ3v) is 2.69. The molecule has 0 amide bonds. The van der Waals surface area contributed by atoms with Crippen LogP contribution in [0.3, 0.4) is 0 Å². The average Bonchev–Trinajstić information content (AvgIpc) is 2.65. The number of hydrogen-bond donors (Lipinski definition) is 0. The zero-order valence-electron chi connectivity index (χ0n) is 9.63. The Morgan fingerprint density at radius 2 is 1.93 bits per heavy atom. The minimum absolute atomic E-state index is 1.10. The molecule has 15 heavy (non-hydrogen) atoms. The minimum atomic E-state index is 1.10. The lowest BCUT2D eigenvalue weighted by Gasteiger charge is -2.02. The predicted octanol–water partition coefficient (Wildman–Crippen LogP) is 4.84. The molecule has 1 nitrogen and oxygen atoms in total. The van der Waals surface area contributed by atoms with Gasteiger partial charge in [-0.1, -0.05) is 42.8 Å². The van der Waals surface area contributed by atoms with E-state index in [1.807, 2.05) is 13.8 Å². The summed E-state index contributed by atoms with van der Waals surface area (Å²) < 4.78 is 3.44. The number of halogens is 1. The van der Waals surface area contributed by atoms with Gasteiger partial charge in [-0.05, 0) is 30.0 Å². The first-order valence-electron chi connectivity index (χ1n) is 5.55. The van der Waals surface area contributed by atoms with Crippen molar-refractivity contribution in [2.24, 2.45) is 0 Å². The molecule has 0 fully saturated rings. The van der Waals surface area contributed by atoms with E-state index >= 15 is 0 Å². The molecule has 0 radical (unpaired) electrons. The third kappa shape index (κ3) is 2.85. The Labute approximate surface area is 100 Å². The smallest absolute Gasteiger partial charge is 0.0491 e. The molecule has 0 unspecified atom stereocenters. The Hall–Kier alpha value is -0.760. The van der Waals surface area contributed by atoms with Gasteiger partial charge in [0.2, 0.25) is 0 Å². The number of fused-ring (bicyclic) bond motifs is 1. The molecule has 0 bridgehead atoms. The molecular formula is C13H18BrN. The van der Waals surface area contributed by atoms with Gasteiger partial charge in [0, 0.05) is 22.7 Å². The van der Waals surface area contributed by atoms with Gasteiger partial charge in [0.1, 0.15) is 0 Å². The Balaban J connectivity index is 0.000000531. The Kier molecular flexibility index (Phi) is 4.89. The molecule has 0 aliphatic rings. The fourth-order valence-electron chi connectivity index (χ4n) is 1.59. The van der Waals surface area contributed by atoms with E-state index in [-0.39, 0.29) is 0 Å². The normalized spacial score (nSPS) is 9.87. The van der Waals surface area contributed by atoms with Crippen LogP contribution in [-0.4, -0.2) is 4.57 Å². The van der Waals surface area contributed by atoms with E-state index in [1.54, 1.807) is 0 Å². The second-order valence-electron chi connectivity index (χ2n) is 3.21. The summed E-state index contributed by atoms with van der Waals surface area (Å²) in [7, 11) is 0. The molecule has 1 heterocycles. The molecule has 0 N–H and O–H groups in total. The molecule has 0 aliphatic carbocycles. The van der Waals surface area contributed by atoms with Crippen molar-refractivity contribution in [2.75, 3.05) is 0 Å². The first-order chi connectivity index (χ1) is 7.31. The molecule has 82 valence electrons. The summed E-state index contributed by atoms with van der Waals surface area (Å²) in [6.45, 7) is 7.30. The van der Waals surface area contributed by atoms with Crippen molar-refractivity contribution in [3.63, 3.8) is 0 Å². The van der Waals surface area contributed by atoms with Crippen LogP contribution in [0.4, 0.5) is 0 Å². The number of benzene rings is 1. The van der Waals surface area contributed by atoms with Crippen LogP contribution in [0.15, 0.2) is 34.9 Å². The summed E-state index contributed by atoms with van der Waals surface area (Å²) in [6, 6.07) is 8.56. The van der Waals surface area contributed by atoms with Crippen LogP contribution in [-0.2, 0) is 6.54 Å². The molecule has 0 atom stereocenters. The van der Waals surface area contributed by atoms with Gasteiger partial charge in [-0.25, -0.2) is 0 Å². The maximum absolute atomic E-state index is 3.49. The van der Waals surface area contributed by atoms with E-state index in [2.05, 4.69) is 57.9 Å². The summed E-state index contributed by atoms with van der Waals surface area (Å²) in [6.07, 6.45) is 3.33. The van der Waals surface area contributed by atoms with Crippen LogP contribution in [0.1, 0.15) is 27.2 Å². The monoisotopic (exact) mass is 267 g/mol. The van der Waals surface area contributed by atoms with E-state index in [0.717, 1.165) is 11.0 Å². The number of nitrogens with zero attached hydrogens (tertiary/aromatic N) is 1. The lowest BCUT2D eigenvalue weighted by molar-refractivity contribution is 0.703. The summed E-state index contributed by atoms with van der Waals surface area (Å²) >= 11 is 3.49. The summed E-state index contributed by atoms with van der Waals surface area (Å²) in [5, 5.41) is 1.32. The highest BCUT2D eigenvalue weighted by atomic mass is 79.9. The van der Waals surface area contributed by atoms with Gasteiger partial charge >= 0.3 is 0 Å². The fourth-order valence-corrected chi connectivity index (χ4v) is 1.94. The first kappa shape index (κ1) is 12.3. The summed E-state index contributed by atoms with van der Waals surface area (Å²) in [5.41, 5.74) is 1.32. The van der Waals surface area contributed by atoms with Gasteiger partial charge in [-0.15, -0.1) is 0 Å². The van der Waals surface area contributed by atoms with E-state index in [1.165, 1.54) is 17.3 Å². The van der Waals surface area contributed by atoms with Crippen molar-refractivity contribution in [3.8, 4) is 0 Å².